The molecule has 1 aliphatic rings. The molecule has 0 aliphatic heterocycles. The predicted octanol–water partition coefficient (Wildman–Crippen LogP) is 4.29. The molecule has 0 spiro atoms. The summed E-state index contributed by atoms with van der Waals surface area (Å²) in [5.41, 5.74) is 4.76. The van der Waals surface area contributed by atoms with Crippen LogP contribution in [0.5, 0.6) is 0 Å². The molecule has 0 bridgehead atoms. The minimum absolute atomic E-state index is 0.506. The van der Waals surface area contributed by atoms with Crippen LogP contribution in [0.4, 0.5) is 5.69 Å². The molecule has 1 aromatic carbocycles. The lowest BCUT2D eigenvalue weighted by Gasteiger charge is -2.18. The van der Waals surface area contributed by atoms with Gasteiger partial charge in [0.2, 0.25) is 0 Å². The Balaban J connectivity index is 1.76. The van der Waals surface area contributed by atoms with Gasteiger partial charge in [0.25, 0.3) is 0 Å². The molecule has 2 nitrogen and oxygen atoms in total. The third-order valence-electron chi connectivity index (χ3n) is 3.67. The molecule has 1 heterocycles. The van der Waals surface area contributed by atoms with Gasteiger partial charge in [0.1, 0.15) is 0 Å². The van der Waals surface area contributed by atoms with E-state index in [2.05, 4.69) is 42.3 Å². The van der Waals surface area contributed by atoms with Crippen LogP contribution in [-0.2, 0) is 0 Å². The molecule has 3 heteroatoms. The Hall–Kier alpha value is -1.09. The van der Waals surface area contributed by atoms with E-state index in [-0.39, 0.29) is 0 Å². The van der Waals surface area contributed by atoms with Crippen molar-refractivity contribution < 1.29 is 0 Å². The van der Waals surface area contributed by atoms with E-state index in [4.69, 9.17) is 0 Å². The van der Waals surface area contributed by atoms with Crippen LogP contribution in [0.25, 0.3) is 10.2 Å². The summed E-state index contributed by atoms with van der Waals surface area (Å²) in [6.07, 6.45) is 3.88. The topological polar surface area (TPSA) is 24.9 Å². The van der Waals surface area contributed by atoms with E-state index in [9.17, 15) is 0 Å². The van der Waals surface area contributed by atoms with Gasteiger partial charge >= 0.3 is 0 Å². The molecule has 90 valence electrons. The number of aromatic nitrogens is 1. The second-order valence-corrected chi connectivity index (χ2v) is 6.67. The lowest BCUT2D eigenvalue weighted by atomic mass is 9.92. The van der Waals surface area contributed by atoms with Crippen molar-refractivity contribution in [2.24, 2.45) is 5.41 Å². The highest BCUT2D eigenvalue weighted by Gasteiger charge is 2.30. The van der Waals surface area contributed by atoms with Gasteiger partial charge in [0.05, 0.1) is 15.7 Å². The number of rotatable bonds is 2. The number of nitrogens with zero attached hydrogens (tertiary/aromatic N) is 1. The molecule has 1 aromatic heterocycles. The number of nitrogens with one attached hydrogen (secondary N) is 1. The number of fused-ring (bicyclic) bond motifs is 1. The van der Waals surface area contributed by atoms with Crippen LogP contribution in [0.1, 0.15) is 33.1 Å². The minimum atomic E-state index is 0.506. The number of thiazole rings is 1. The zero-order chi connectivity index (χ0) is 11.9. The van der Waals surface area contributed by atoms with Crippen LogP contribution in [0.15, 0.2) is 23.7 Å². The van der Waals surface area contributed by atoms with E-state index >= 15 is 0 Å². The monoisotopic (exact) mass is 246 g/mol. The van der Waals surface area contributed by atoms with Crippen molar-refractivity contribution in [3.05, 3.63) is 23.7 Å². The van der Waals surface area contributed by atoms with Gasteiger partial charge < -0.3 is 5.32 Å². The van der Waals surface area contributed by atoms with Crippen LogP contribution in [0.3, 0.4) is 0 Å². The average molecular weight is 246 g/mol. The lowest BCUT2D eigenvalue weighted by molar-refractivity contribution is 0.378. The van der Waals surface area contributed by atoms with E-state index in [0.29, 0.717) is 11.5 Å². The summed E-state index contributed by atoms with van der Waals surface area (Å²) < 4.78 is 1.27. The SMILES string of the molecule is CC1(C)CCC(Nc2ccc3ncsc3c2)C1. The molecule has 1 aliphatic carbocycles. The number of anilines is 1. The molecule has 3 rings (SSSR count). The van der Waals surface area contributed by atoms with Gasteiger partial charge in [-0.3, -0.25) is 0 Å². The van der Waals surface area contributed by atoms with Gasteiger partial charge in [0, 0.05) is 11.7 Å². The third-order valence-corrected chi connectivity index (χ3v) is 4.46. The summed E-state index contributed by atoms with van der Waals surface area (Å²) in [4.78, 5) is 4.31. The van der Waals surface area contributed by atoms with Gasteiger partial charge in [-0.15, -0.1) is 11.3 Å². The molecule has 1 atom stereocenters. The molecule has 0 amide bonds. The highest BCUT2D eigenvalue weighted by molar-refractivity contribution is 7.16. The Kier molecular flexibility index (Phi) is 2.58. The van der Waals surface area contributed by atoms with Gasteiger partial charge in [-0.2, -0.15) is 0 Å². The van der Waals surface area contributed by atoms with Crippen molar-refractivity contribution in [2.75, 3.05) is 5.32 Å². The maximum atomic E-state index is 4.31. The third kappa shape index (κ3) is 2.29. The average Bonchev–Trinajstić information content (AvgIpc) is 2.84. The van der Waals surface area contributed by atoms with E-state index in [0.717, 1.165) is 5.52 Å². The summed E-state index contributed by atoms with van der Waals surface area (Å²) in [6, 6.07) is 7.11. The van der Waals surface area contributed by atoms with E-state index < -0.39 is 0 Å². The van der Waals surface area contributed by atoms with Crippen molar-refractivity contribution in [1.29, 1.82) is 0 Å². The fourth-order valence-corrected chi connectivity index (χ4v) is 3.46. The molecule has 2 aromatic rings. The van der Waals surface area contributed by atoms with E-state index in [1.54, 1.807) is 11.3 Å². The first kappa shape index (κ1) is 11.0. The maximum Gasteiger partial charge on any atom is 0.0813 e. The summed E-state index contributed by atoms with van der Waals surface area (Å²) in [5, 5.41) is 3.66. The molecule has 1 fully saturated rings. The number of benzene rings is 1. The Morgan fingerprint density at radius 2 is 2.29 bits per heavy atom. The van der Waals surface area contributed by atoms with Crippen LogP contribution in [0.2, 0.25) is 0 Å². The standard InChI is InChI=1S/C14H18N2S/c1-14(2)6-5-11(8-14)16-10-3-4-12-13(7-10)17-9-15-12/h3-4,7,9,11,16H,5-6,8H2,1-2H3. The first-order chi connectivity index (χ1) is 8.12. The smallest absolute Gasteiger partial charge is 0.0813 e. The number of hydrogen-bond donors (Lipinski definition) is 1. The highest BCUT2D eigenvalue weighted by Crippen LogP contribution is 2.38. The fraction of sp³-hybridized carbons (Fsp3) is 0.500. The zero-order valence-corrected chi connectivity index (χ0v) is 11.2. The summed E-state index contributed by atoms with van der Waals surface area (Å²) >= 11 is 1.71. The zero-order valence-electron chi connectivity index (χ0n) is 10.4. The van der Waals surface area contributed by atoms with Crippen molar-refractivity contribution >= 4 is 27.2 Å². The molecular formula is C14H18N2S. The molecule has 1 saturated carbocycles. The van der Waals surface area contributed by atoms with Crippen molar-refractivity contribution in [2.45, 2.75) is 39.2 Å². The summed E-state index contributed by atoms with van der Waals surface area (Å²) in [5.74, 6) is 0. The summed E-state index contributed by atoms with van der Waals surface area (Å²) in [6.45, 7) is 4.72. The van der Waals surface area contributed by atoms with Crippen LogP contribution in [-0.4, -0.2) is 11.0 Å². The van der Waals surface area contributed by atoms with E-state index in [1.807, 2.05) is 5.51 Å². The van der Waals surface area contributed by atoms with Gasteiger partial charge in [-0.1, -0.05) is 13.8 Å². The maximum absolute atomic E-state index is 4.31. The minimum Gasteiger partial charge on any atom is -0.382 e. The van der Waals surface area contributed by atoms with Crippen molar-refractivity contribution in [3.63, 3.8) is 0 Å². The van der Waals surface area contributed by atoms with Crippen molar-refractivity contribution in [3.8, 4) is 0 Å². The van der Waals surface area contributed by atoms with Gasteiger partial charge in [-0.25, -0.2) is 4.98 Å². The molecule has 0 saturated heterocycles. The molecule has 17 heavy (non-hydrogen) atoms. The van der Waals surface area contributed by atoms with Gasteiger partial charge in [-0.05, 0) is 42.9 Å². The van der Waals surface area contributed by atoms with E-state index in [1.165, 1.54) is 29.6 Å². The fourth-order valence-electron chi connectivity index (χ4n) is 2.74. The molecule has 1 unspecified atom stereocenters. The highest BCUT2D eigenvalue weighted by atomic mass is 32.1. The number of hydrogen-bond acceptors (Lipinski definition) is 3. The van der Waals surface area contributed by atoms with Crippen molar-refractivity contribution in [1.82, 2.24) is 4.98 Å². The first-order valence-corrected chi connectivity index (χ1v) is 7.10. The Morgan fingerprint density at radius 1 is 1.41 bits per heavy atom. The lowest BCUT2D eigenvalue weighted by Crippen LogP contribution is -2.17. The quantitative estimate of drug-likeness (QED) is 0.855. The largest absolute Gasteiger partial charge is 0.382 e. The first-order valence-electron chi connectivity index (χ1n) is 6.22. The van der Waals surface area contributed by atoms with Crippen LogP contribution < -0.4 is 5.32 Å². The Labute approximate surface area is 106 Å². The van der Waals surface area contributed by atoms with Crippen LogP contribution >= 0.6 is 11.3 Å². The Bertz CT molecular complexity index is 530. The second-order valence-electron chi connectivity index (χ2n) is 5.78. The second kappa shape index (κ2) is 3.98. The molecular weight excluding hydrogens is 228 g/mol. The Morgan fingerprint density at radius 3 is 3.06 bits per heavy atom. The summed E-state index contributed by atoms with van der Waals surface area (Å²) in [7, 11) is 0. The normalized spacial score (nSPS) is 23.1. The molecule has 0 radical (unpaired) electrons. The molecule has 1 N–H and O–H groups in total. The van der Waals surface area contributed by atoms with Crippen LogP contribution in [0, 0.1) is 5.41 Å². The van der Waals surface area contributed by atoms with Gasteiger partial charge in [0.15, 0.2) is 0 Å². The predicted molar refractivity (Wildman–Crippen MR) is 74.7 cm³/mol.